The van der Waals surface area contributed by atoms with Gasteiger partial charge in [-0.05, 0) is 48.7 Å². The summed E-state index contributed by atoms with van der Waals surface area (Å²) in [4.78, 5) is 16.7. The fraction of sp³-hybridized carbons (Fsp3) is 0.158. The van der Waals surface area contributed by atoms with Crippen molar-refractivity contribution in [2.24, 2.45) is 0 Å². The van der Waals surface area contributed by atoms with Crippen LogP contribution in [-0.2, 0) is 11.2 Å². The smallest absolute Gasteiger partial charge is 0.230 e. The Morgan fingerprint density at radius 3 is 2.60 bits per heavy atom. The maximum atomic E-state index is 12.2. The van der Waals surface area contributed by atoms with Crippen molar-refractivity contribution >= 4 is 45.6 Å². The third kappa shape index (κ3) is 4.40. The number of hydrogen-bond donors (Lipinski definition) is 1. The van der Waals surface area contributed by atoms with Crippen LogP contribution < -0.4 is 5.32 Å². The van der Waals surface area contributed by atoms with Crippen LogP contribution in [0.3, 0.4) is 0 Å². The molecule has 0 radical (unpaired) electrons. The Morgan fingerprint density at radius 2 is 1.88 bits per heavy atom. The second kappa shape index (κ2) is 7.56. The van der Waals surface area contributed by atoms with E-state index in [1.54, 1.807) is 18.2 Å². The molecule has 0 aliphatic carbocycles. The van der Waals surface area contributed by atoms with Crippen molar-refractivity contribution in [2.75, 3.05) is 5.32 Å². The van der Waals surface area contributed by atoms with Gasteiger partial charge in [-0.2, -0.15) is 0 Å². The second-order valence-corrected chi connectivity index (χ2v) is 7.48. The first-order valence-corrected chi connectivity index (χ1v) is 9.33. The summed E-state index contributed by atoms with van der Waals surface area (Å²) in [5.74, 6) is -0.139. The number of halogens is 2. The van der Waals surface area contributed by atoms with Gasteiger partial charge in [-0.15, -0.1) is 11.3 Å². The largest absolute Gasteiger partial charge is 0.302 e. The normalized spacial score (nSPS) is 10.7. The lowest BCUT2D eigenvalue weighted by molar-refractivity contribution is -0.115. The zero-order valence-corrected chi connectivity index (χ0v) is 16.1. The molecule has 0 unspecified atom stereocenters. The number of nitrogens with zero attached hydrogens (tertiary/aromatic N) is 1. The average molecular weight is 391 g/mol. The zero-order valence-electron chi connectivity index (χ0n) is 13.8. The Labute approximate surface area is 160 Å². The van der Waals surface area contributed by atoms with Crippen molar-refractivity contribution in [3.63, 3.8) is 0 Å². The van der Waals surface area contributed by atoms with Gasteiger partial charge in [0.25, 0.3) is 0 Å². The van der Waals surface area contributed by atoms with E-state index < -0.39 is 0 Å². The molecule has 0 fully saturated rings. The number of benzene rings is 2. The molecule has 0 spiro atoms. The molecule has 0 aliphatic rings. The summed E-state index contributed by atoms with van der Waals surface area (Å²) >= 11 is 13.3. The number of carbonyl (C=O) groups is 1. The molecule has 1 amide bonds. The van der Waals surface area contributed by atoms with E-state index in [0.717, 1.165) is 16.8 Å². The lowest BCUT2D eigenvalue weighted by Crippen LogP contribution is -2.14. The molecule has 3 aromatic rings. The summed E-state index contributed by atoms with van der Waals surface area (Å²) in [5.41, 5.74) is 5.17. The van der Waals surface area contributed by atoms with Gasteiger partial charge in [0.2, 0.25) is 5.91 Å². The average Bonchev–Trinajstić information content (AvgIpc) is 3.02. The molecule has 0 saturated carbocycles. The molecule has 128 valence electrons. The monoisotopic (exact) mass is 390 g/mol. The highest BCUT2D eigenvalue weighted by atomic mass is 35.5. The van der Waals surface area contributed by atoms with Gasteiger partial charge in [-0.1, -0.05) is 41.4 Å². The standard InChI is InChI=1S/C19H16Cl2N2OS/c1-11-3-5-14(7-12(11)2)17-10-25-19(22-17)23-18(24)9-13-4-6-15(20)16(21)8-13/h3-8,10H,9H2,1-2H3,(H,22,23,24). The van der Waals surface area contributed by atoms with Crippen molar-refractivity contribution in [1.82, 2.24) is 4.98 Å². The maximum absolute atomic E-state index is 12.2. The zero-order chi connectivity index (χ0) is 18.0. The van der Waals surface area contributed by atoms with Gasteiger partial charge in [-0.25, -0.2) is 4.98 Å². The Morgan fingerprint density at radius 1 is 1.08 bits per heavy atom. The van der Waals surface area contributed by atoms with Gasteiger partial charge in [0.1, 0.15) is 0 Å². The highest BCUT2D eigenvalue weighted by molar-refractivity contribution is 7.14. The van der Waals surface area contributed by atoms with Gasteiger partial charge < -0.3 is 5.32 Å². The molecule has 0 aliphatic heterocycles. The van der Waals surface area contributed by atoms with Crippen LogP contribution in [0.15, 0.2) is 41.8 Å². The lowest BCUT2D eigenvalue weighted by Gasteiger charge is -2.04. The molecular formula is C19H16Cl2N2OS. The van der Waals surface area contributed by atoms with Gasteiger partial charge in [-0.3, -0.25) is 4.79 Å². The van der Waals surface area contributed by atoms with Crippen molar-refractivity contribution in [3.8, 4) is 11.3 Å². The summed E-state index contributed by atoms with van der Waals surface area (Å²) in [7, 11) is 0. The SMILES string of the molecule is Cc1ccc(-c2csc(NC(=O)Cc3ccc(Cl)c(Cl)c3)n2)cc1C. The van der Waals surface area contributed by atoms with Gasteiger partial charge in [0.15, 0.2) is 5.13 Å². The van der Waals surface area contributed by atoms with Crippen molar-refractivity contribution in [1.29, 1.82) is 0 Å². The first-order valence-electron chi connectivity index (χ1n) is 7.69. The summed E-state index contributed by atoms with van der Waals surface area (Å²) in [6.07, 6.45) is 0.218. The van der Waals surface area contributed by atoms with Crippen molar-refractivity contribution < 1.29 is 4.79 Å². The van der Waals surface area contributed by atoms with Crippen molar-refractivity contribution in [2.45, 2.75) is 20.3 Å². The molecule has 25 heavy (non-hydrogen) atoms. The molecule has 1 heterocycles. The third-order valence-corrected chi connectivity index (χ3v) is 5.40. The number of anilines is 1. The minimum atomic E-state index is -0.139. The Bertz CT molecular complexity index is 937. The number of nitrogens with one attached hydrogen (secondary N) is 1. The van der Waals surface area contributed by atoms with Crippen LogP contribution in [0.4, 0.5) is 5.13 Å². The van der Waals surface area contributed by atoms with Crippen LogP contribution in [0.25, 0.3) is 11.3 Å². The lowest BCUT2D eigenvalue weighted by atomic mass is 10.1. The summed E-state index contributed by atoms with van der Waals surface area (Å²) in [6.45, 7) is 4.15. The van der Waals surface area contributed by atoms with Crippen LogP contribution in [0, 0.1) is 13.8 Å². The van der Waals surface area contributed by atoms with Crippen LogP contribution in [0.1, 0.15) is 16.7 Å². The highest BCUT2D eigenvalue weighted by Crippen LogP contribution is 2.27. The van der Waals surface area contributed by atoms with Crippen molar-refractivity contribution in [3.05, 3.63) is 68.5 Å². The molecule has 1 N–H and O–H groups in total. The minimum Gasteiger partial charge on any atom is -0.302 e. The Balaban J connectivity index is 1.69. The predicted molar refractivity (Wildman–Crippen MR) is 106 cm³/mol. The highest BCUT2D eigenvalue weighted by Gasteiger charge is 2.10. The number of aromatic nitrogens is 1. The summed E-state index contributed by atoms with van der Waals surface area (Å²) in [5, 5.41) is 6.28. The van der Waals surface area contributed by atoms with Crippen LogP contribution in [-0.4, -0.2) is 10.9 Å². The van der Waals surface area contributed by atoms with Crippen LogP contribution in [0.5, 0.6) is 0 Å². The predicted octanol–water partition coefficient (Wildman–Crippen LogP) is 5.91. The van der Waals surface area contributed by atoms with Crippen LogP contribution >= 0.6 is 34.5 Å². The first-order chi connectivity index (χ1) is 11.9. The van der Waals surface area contributed by atoms with E-state index in [-0.39, 0.29) is 12.3 Å². The minimum absolute atomic E-state index is 0.139. The molecule has 0 bridgehead atoms. The number of carbonyl (C=O) groups excluding carboxylic acids is 1. The number of rotatable bonds is 4. The molecule has 1 aromatic heterocycles. The number of thiazole rings is 1. The molecular weight excluding hydrogens is 375 g/mol. The van der Waals surface area contributed by atoms with Gasteiger partial charge in [0.05, 0.1) is 22.2 Å². The fourth-order valence-corrected chi connectivity index (χ4v) is 3.42. The molecule has 0 atom stereocenters. The van der Waals surface area contributed by atoms with E-state index >= 15 is 0 Å². The summed E-state index contributed by atoms with van der Waals surface area (Å²) in [6, 6.07) is 11.4. The molecule has 3 rings (SSSR count). The quantitative estimate of drug-likeness (QED) is 0.600. The molecule has 0 saturated heterocycles. The molecule has 2 aromatic carbocycles. The second-order valence-electron chi connectivity index (χ2n) is 5.81. The van der Waals surface area contributed by atoms with E-state index in [0.29, 0.717) is 15.2 Å². The van der Waals surface area contributed by atoms with E-state index in [1.165, 1.54) is 22.5 Å². The topological polar surface area (TPSA) is 42.0 Å². The number of amides is 1. The van der Waals surface area contributed by atoms with Gasteiger partial charge in [0, 0.05) is 10.9 Å². The van der Waals surface area contributed by atoms with E-state index in [2.05, 4.69) is 36.3 Å². The van der Waals surface area contributed by atoms with E-state index in [9.17, 15) is 4.79 Å². The molecule has 6 heteroatoms. The molecule has 3 nitrogen and oxygen atoms in total. The third-order valence-electron chi connectivity index (χ3n) is 3.90. The number of hydrogen-bond acceptors (Lipinski definition) is 3. The Kier molecular flexibility index (Phi) is 5.42. The Hall–Kier alpha value is -1.88. The van der Waals surface area contributed by atoms with E-state index in [4.69, 9.17) is 23.2 Å². The first kappa shape index (κ1) is 17.9. The van der Waals surface area contributed by atoms with E-state index in [1.807, 2.05) is 11.4 Å². The van der Waals surface area contributed by atoms with Crippen LogP contribution in [0.2, 0.25) is 10.0 Å². The summed E-state index contributed by atoms with van der Waals surface area (Å²) < 4.78 is 0. The maximum Gasteiger partial charge on any atom is 0.230 e. The number of aryl methyl sites for hydroxylation is 2. The fourth-order valence-electron chi connectivity index (χ4n) is 2.36. The van der Waals surface area contributed by atoms with Gasteiger partial charge >= 0.3 is 0 Å².